The summed E-state index contributed by atoms with van der Waals surface area (Å²) in [5, 5.41) is 4.23. The number of hydrazine groups is 1. The summed E-state index contributed by atoms with van der Waals surface area (Å²) < 4.78 is 1.04. The molecule has 0 aliphatic rings. The van der Waals surface area contributed by atoms with Crippen molar-refractivity contribution in [2.75, 3.05) is 11.1 Å². The number of nitrogens with one attached hydrogen (secondary N) is 3. The predicted molar refractivity (Wildman–Crippen MR) is 111 cm³/mol. The first-order chi connectivity index (χ1) is 13.4. The second-order valence-electron chi connectivity index (χ2n) is 6.11. The first-order valence-corrected chi connectivity index (χ1v) is 10.4. The molecule has 0 radical (unpaired) electrons. The second-order valence-corrected chi connectivity index (χ2v) is 8.09. The van der Waals surface area contributed by atoms with Crippen LogP contribution in [0, 0.1) is 13.8 Å². The fraction of sp³-hybridized carbons (Fsp3) is 0.278. The Labute approximate surface area is 170 Å². The number of hydrogen-bond acceptors (Lipinski definition) is 8. The van der Waals surface area contributed by atoms with Crippen LogP contribution in [-0.2, 0) is 9.59 Å². The van der Waals surface area contributed by atoms with Gasteiger partial charge in [-0.25, -0.2) is 15.0 Å². The Morgan fingerprint density at radius 1 is 1.11 bits per heavy atom. The van der Waals surface area contributed by atoms with Gasteiger partial charge in [0.2, 0.25) is 5.91 Å². The lowest BCUT2D eigenvalue weighted by atomic mass is 10.3. The summed E-state index contributed by atoms with van der Waals surface area (Å²) in [6, 6.07) is 9.05. The molecule has 1 atom stereocenters. The van der Waals surface area contributed by atoms with Crippen molar-refractivity contribution < 1.29 is 9.59 Å². The van der Waals surface area contributed by atoms with Crippen LogP contribution >= 0.6 is 23.1 Å². The Balaban J connectivity index is 1.45. The average Bonchev–Trinajstić information content (AvgIpc) is 3.05. The highest BCUT2D eigenvalue weighted by Crippen LogP contribution is 2.25. The number of carbonyl (C=O) groups excluding carboxylic acids is 2. The van der Waals surface area contributed by atoms with E-state index >= 15 is 0 Å². The average molecular weight is 417 g/mol. The summed E-state index contributed by atoms with van der Waals surface area (Å²) in [5.41, 5.74) is 7.39. The van der Waals surface area contributed by atoms with Crippen molar-refractivity contribution in [2.45, 2.75) is 32.0 Å². The van der Waals surface area contributed by atoms with E-state index in [9.17, 15) is 9.59 Å². The molecule has 0 bridgehead atoms. The molecule has 2 heterocycles. The normalized spacial score (nSPS) is 11.8. The van der Waals surface area contributed by atoms with Gasteiger partial charge in [-0.15, -0.1) is 0 Å². The van der Waals surface area contributed by atoms with Crippen LogP contribution in [0.2, 0.25) is 0 Å². The minimum atomic E-state index is -0.559. The molecule has 3 N–H and O–H groups in total. The molecule has 1 unspecified atom stereocenters. The quantitative estimate of drug-likeness (QED) is 0.322. The van der Waals surface area contributed by atoms with E-state index in [0.717, 1.165) is 21.6 Å². The van der Waals surface area contributed by atoms with Crippen molar-refractivity contribution in [3.8, 4) is 0 Å². The number of thiazole rings is 1. The third-order valence-electron chi connectivity index (χ3n) is 3.65. The fourth-order valence-electron chi connectivity index (χ4n) is 2.35. The zero-order chi connectivity index (χ0) is 20.1. The van der Waals surface area contributed by atoms with Gasteiger partial charge in [-0.1, -0.05) is 35.2 Å². The molecule has 0 saturated carbocycles. The number of aryl methyl sites for hydroxylation is 2. The van der Waals surface area contributed by atoms with Gasteiger partial charge in [0.1, 0.15) is 6.04 Å². The Bertz CT molecular complexity index is 953. The number of thioether (sulfide) groups is 1. The van der Waals surface area contributed by atoms with Crippen LogP contribution in [0.5, 0.6) is 0 Å². The van der Waals surface area contributed by atoms with Crippen molar-refractivity contribution in [3.63, 3.8) is 0 Å². The van der Waals surface area contributed by atoms with Gasteiger partial charge in [0.25, 0.3) is 5.91 Å². The topological polar surface area (TPSA) is 109 Å². The monoisotopic (exact) mass is 416 g/mol. The minimum Gasteiger partial charge on any atom is -0.350 e. The van der Waals surface area contributed by atoms with Crippen LogP contribution in [0.4, 0.5) is 5.13 Å². The van der Waals surface area contributed by atoms with Gasteiger partial charge in [-0.05, 0) is 39.0 Å². The number of nitrogens with zero attached hydrogens (tertiary/aromatic N) is 3. The van der Waals surface area contributed by atoms with Gasteiger partial charge in [-0.2, -0.15) is 0 Å². The molecule has 8 nitrogen and oxygen atoms in total. The standard InChI is InChI=1S/C18H20N6O2S2/c1-10-8-11(2)20-17(19-10)27-9-15(25)23-24-16(26)12(3)21-18-22-13-6-4-5-7-14(13)28-18/h4-8,12H,9H2,1-3H3,(H,21,22)(H,23,25)(H,24,26). The van der Waals surface area contributed by atoms with Crippen LogP contribution in [0.3, 0.4) is 0 Å². The zero-order valence-electron chi connectivity index (χ0n) is 15.6. The van der Waals surface area contributed by atoms with Gasteiger partial charge >= 0.3 is 0 Å². The summed E-state index contributed by atoms with van der Waals surface area (Å²) in [7, 11) is 0. The molecular formula is C18H20N6O2S2. The summed E-state index contributed by atoms with van der Waals surface area (Å²) >= 11 is 2.68. The molecule has 2 amide bonds. The molecule has 0 fully saturated rings. The third kappa shape index (κ3) is 5.40. The molecule has 0 saturated heterocycles. The van der Waals surface area contributed by atoms with E-state index in [-0.39, 0.29) is 17.6 Å². The Hall–Kier alpha value is -2.72. The number of anilines is 1. The molecule has 0 aliphatic heterocycles. The Kier molecular flexibility index (Phi) is 6.42. The number of benzene rings is 1. The number of hydrogen-bond donors (Lipinski definition) is 3. The van der Waals surface area contributed by atoms with E-state index in [0.29, 0.717) is 10.3 Å². The number of aromatic nitrogens is 3. The highest BCUT2D eigenvalue weighted by Gasteiger charge is 2.15. The van der Waals surface area contributed by atoms with Gasteiger partial charge in [0.05, 0.1) is 16.0 Å². The zero-order valence-corrected chi connectivity index (χ0v) is 17.3. The molecule has 3 aromatic rings. The maximum absolute atomic E-state index is 12.2. The van der Waals surface area contributed by atoms with Gasteiger partial charge < -0.3 is 5.32 Å². The van der Waals surface area contributed by atoms with E-state index in [2.05, 4.69) is 31.1 Å². The molecule has 2 aromatic heterocycles. The third-order valence-corrected chi connectivity index (χ3v) is 5.46. The highest BCUT2D eigenvalue weighted by molar-refractivity contribution is 7.99. The van der Waals surface area contributed by atoms with Crippen molar-refractivity contribution >= 4 is 50.3 Å². The largest absolute Gasteiger partial charge is 0.350 e. The SMILES string of the molecule is Cc1cc(C)nc(SCC(=O)NNC(=O)C(C)Nc2nc3ccccc3s2)n1. The van der Waals surface area contributed by atoms with Gasteiger partial charge in [0, 0.05) is 11.4 Å². The lowest BCUT2D eigenvalue weighted by Gasteiger charge is -2.13. The number of carbonyl (C=O) groups is 2. The lowest BCUT2D eigenvalue weighted by Crippen LogP contribution is -2.48. The Morgan fingerprint density at radius 2 is 1.82 bits per heavy atom. The molecule has 1 aromatic carbocycles. The lowest BCUT2D eigenvalue weighted by molar-refractivity contribution is -0.127. The van der Waals surface area contributed by atoms with Crippen molar-refractivity contribution in [2.24, 2.45) is 0 Å². The summed E-state index contributed by atoms with van der Waals surface area (Å²) in [4.78, 5) is 37.1. The van der Waals surface area contributed by atoms with Gasteiger partial charge in [0.15, 0.2) is 10.3 Å². The Morgan fingerprint density at radius 3 is 2.54 bits per heavy atom. The maximum Gasteiger partial charge on any atom is 0.260 e. The first kappa shape index (κ1) is 20.0. The van der Waals surface area contributed by atoms with Gasteiger partial charge in [-0.3, -0.25) is 20.4 Å². The van der Waals surface area contributed by atoms with Crippen molar-refractivity contribution in [3.05, 3.63) is 41.7 Å². The first-order valence-electron chi connectivity index (χ1n) is 8.56. The van der Waals surface area contributed by atoms with E-state index in [1.807, 2.05) is 44.2 Å². The van der Waals surface area contributed by atoms with Crippen LogP contribution in [0.1, 0.15) is 18.3 Å². The van der Waals surface area contributed by atoms with E-state index in [4.69, 9.17) is 0 Å². The predicted octanol–water partition coefficient (Wildman–Crippen LogP) is 2.44. The van der Waals surface area contributed by atoms with Crippen LogP contribution in [0.15, 0.2) is 35.5 Å². The molecular weight excluding hydrogens is 396 g/mol. The molecule has 3 rings (SSSR count). The fourth-order valence-corrected chi connectivity index (χ4v) is 4.05. The molecule has 0 spiro atoms. The number of fused-ring (bicyclic) bond motifs is 1. The summed E-state index contributed by atoms with van der Waals surface area (Å²) in [6.45, 7) is 5.45. The number of rotatable bonds is 6. The molecule has 0 aliphatic carbocycles. The molecule has 146 valence electrons. The van der Waals surface area contributed by atoms with Crippen molar-refractivity contribution in [1.82, 2.24) is 25.8 Å². The van der Waals surface area contributed by atoms with E-state index in [1.54, 1.807) is 6.92 Å². The number of para-hydroxylation sites is 1. The van der Waals surface area contributed by atoms with Crippen LogP contribution < -0.4 is 16.2 Å². The van der Waals surface area contributed by atoms with E-state index < -0.39 is 6.04 Å². The maximum atomic E-state index is 12.2. The van der Waals surface area contributed by atoms with E-state index in [1.165, 1.54) is 23.1 Å². The number of amides is 2. The molecule has 10 heteroatoms. The molecule has 28 heavy (non-hydrogen) atoms. The summed E-state index contributed by atoms with van der Waals surface area (Å²) in [6.07, 6.45) is 0. The van der Waals surface area contributed by atoms with Crippen molar-refractivity contribution in [1.29, 1.82) is 0 Å². The van der Waals surface area contributed by atoms with Crippen LogP contribution in [0.25, 0.3) is 10.2 Å². The smallest absolute Gasteiger partial charge is 0.260 e. The highest BCUT2D eigenvalue weighted by atomic mass is 32.2. The summed E-state index contributed by atoms with van der Waals surface area (Å²) in [5.74, 6) is -0.600. The van der Waals surface area contributed by atoms with Crippen LogP contribution in [-0.4, -0.2) is 38.6 Å². The minimum absolute atomic E-state index is 0.100. The second kappa shape index (κ2) is 8.98.